The van der Waals surface area contributed by atoms with Gasteiger partial charge >= 0.3 is 30.1 Å². The number of ether oxygens (including phenoxy) is 1. The molecule has 0 spiro atoms. The molecule has 0 unspecified atom stereocenters. The lowest BCUT2D eigenvalue weighted by Crippen LogP contribution is -2.42. The number of aryl methyl sites for hydroxylation is 3. The summed E-state index contributed by atoms with van der Waals surface area (Å²) in [6.07, 6.45) is -4.82. The number of guanidine groups is 1. The van der Waals surface area contributed by atoms with Crippen molar-refractivity contribution >= 4 is 41.4 Å². The minimum atomic E-state index is -5.08. The van der Waals surface area contributed by atoms with Gasteiger partial charge in [0.15, 0.2) is 11.7 Å². The summed E-state index contributed by atoms with van der Waals surface area (Å²) in [7, 11) is 0. The van der Waals surface area contributed by atoms with Crippen molar-refractivity contribution in [3.05, 3.63) is 52.8 Å². The van der Waals surface area contributed by atoms with Gasteiger partial charge in [0.25, 0.3) is 0 Å². The average molecular weight is 583 g/mol. The highest BCUT2D eigenvalue weighted by Crippen LogP contribution is 2.27. The molecule has 0 aliphatic carbocycles. The molecule has 17 heteroatoms. The number of esters is 1. The van der Waals surface area contributed by atoms with Gasteiger partial charge in [-0.05, 0) is 55.2 Å². The Morgan fingerprint density at radius 1 is 1.10 bits per heavy atom. The van der Waals surface area contributed by atoms with Crippen LogP contribution >= 0.6 is 0 Å². The van der Waals surface area contributed by atoms with Crippen molar-refractivity contribution in [1.82, 2.24) is 10.3 Å². The van der Waals surface area contributed by atoms with Gasteiger partial charge < -0.3 is 36.4 Å². The van der Waals surface area contributed by atoms with E-state index in [1.54, 1.807) is 30.3 Å². The number of carboxylic acid groups (broad SMARTS) is 3. The van der Waals surface area contributed by atoms with E-state index >= 15 is 0 Å². The normalized spacial score (nSPS) is 12.9. The summed E-state index contributed by atoms with van der Waals surface area (Å²) in [6, 6.07) is 6.62. The second-order valence-electron chi connectivity index (χ2n) is 8.41. The third-order valence-corrected chi connectivity index (χ3v) is 5.29. The van der Waals surface area contributed by atoms with Gasteiger partial charge in [0.2, 0.25) is 5.91 Å². The maximum absolute atomic E-state index is 12.6. The molecule has 220 valence electrons. The van der Waals surface area contributed by atoms with E-state index in [0.29, 0.717) is 46.8 Å². The number of nitrogens with zero attached hydrogens (tertiary/aromatic N) is 1. The number of halogens is 3. The van der Waals surface area contributed by atoms with E-state index in [9.17, 15) is 32.3 Å². The van der Waals surface area contributed by atoms with Gasteiger partial charge in [0, 0.05) is 17.8 Å². The van der Waals surface area contributed by atoms with E-state index in [2.05, 4.69) is 15.6 Å². The van der Waals surface area contributed by atoms with Crippen LogP contribution in [-0.4, -0.2) is 68.3 Å². The van der Waals surface area contributed by atoms with Crippen LogP contribution in [0.5, 0.6) is 5.75 Å². The number of amides is 1. The molecule has 3 rings (SSSR count). The molecule has 41 heavy (non-hydrogen) atoms. The largest absolute Gasteiger partial charge is 0.490 e. The van der Waals surface area contributed by atoms with E-state index in [0.717, 1.165) is 0 Å². The van der Waals surface area contributed by atoms with Crippen LogP contribution in [0.15, 0.2) is 30.3 Å². The molecule has 1 aliphatic rings. The highest BCUT2D eigenvalue weighted by atomic mass is 19.4. The maximum Gasteiger partial charge on any atom is 0.490 e. The van der Waals surface area contributed by atoms with Gasteiger partial charge in [-0.1, -0.05) is 0 Å². The fraction of sp³-hybridized carbons (Fsp3) is 0.292. The number of nitrogens with one attached hydrogen (secondary N) is 3. The summed E-state index contributed by atoms with van der Waals surface area (Å²) in [5.74, 6) is -6.61. The van der Waals surface area contributed by atoms with Crippen LogP contribution in [0.3, 0.4) is 0 Å². The topological polar surface area (TPSA) is 242 Å². The van der Waals surface area contributed by atoms with Crippen LogP contribution in [-0.2, 0) is 38.4 Å². The smallest absolute Gasteiger partial charge is 0.481 e. The standard InChI is InChI=1S/C22H23N5O7.C2HF3O2/c23-22(24)26-13-2-5-14-11(9-13)1-6-15-17(34-21(14)33)7-3-12(25-15)4-8-18(28)27-16(20(31)32)10-19(29)30;3-2(4,5)1(6)7/h2-3,5,7,9,16H,1,4,6,8,10H2,(H,27,28)(H,29,30)(H,31,32)(H4,23,24,26);(H,6,7)/t16-;/m0./s1. The molecule has 2 aromatic rings. The van der Waals surface area contributed by atoms with E-state index in [1.165, 1.54) is 0 Å². The molecule has 0 saturated carbocycles. The van der Waals surface area contributed by atoms with Gasteiger partial charge in [0.05, 0.1) is 17.7 Å². The molecule has 1 atom stereocenters. The zero-order valence-corrected chi connectivity index (χ0v) is 20.9. The monoisotopic (exact) mass is 583 g/mol. The van der Waals surface area contributed by atoms with Crippen LogP contribution in [0.1, 0.15) is 40.2 Å². The van der Waals surface area contributed by atoms with Crippen molar-refractivity contribution in [2.45, 2.75) is 44.3 Å². The lowest BCUT2D eigenvalue weighted by atomic mass is 9.99. The molecule has 1 aliphatic heterocycles. The molecule has 1 amide bonds. The van der Waals surface area contributed by atoms with Crippen molar-refractivity contribution < 1.29 is 57.2 Å². The highest BCUT2D eigenvalue weighted by molar-refractivity contribution is 5.95. The van der Waals surface area contributed by atoms with E-state index < -0.39 is 48.4 Å². The first kappa shape index (κ1) is 32.0. The molecule has 2 heterocycles. The molecule has 0 radical (unpaired) electrons. The Balaban J connectivity index is 0.000000745. The van der Waals surface area contributed by atoms with Gasteiger partial charge in [-0.2, -0.15) is 13.2 Å². The van der Waals surface area contributed by atoms with Crippen LogP contribution in [0.4, 0.5) is 18.9 Å². The number of aromatic nitrogens is 1. The predicted octanol–water partition coefficient (Wildman–Crippen LogP) is 1.31. The molecule has 1 aromatic heterocycles. The van der Waals surface area contributed by atoms with Crippen LogP contribution in [0.25, 0.3) is 0 Å². The quantitative estimate of drug-likeness (QED) is 0.132. The van der Waals surface area contributed by atoms with E-state index in [4.69, 9.17) is 36.0 Å². The van der Waals surface area contributed by atoms with Gasteiger partial charge in [-0.25, -0.2) is 14.4 Å². The molecule has 0 bridgehead atoms. The SMILES string of the molecule is N=C(N)Nc1ccc2c(c1)CCc1nc(CCC(=O)N[C@@H](CC(=O)O)C(=O)O)ccc1OC2=O.O=C(O)C(F)(F)F. The summed E-state index contributed by atoms with van der Waals surface area (Å²) in [5, 5.41) is 37.1. The number of anilines is 1. The van der Waals surface area contributed by atoms with Crippen molar-refractivity contribution in [2.75, 3.05) is 5.32 Å². The number of hydrogen-bond acceptors (Lipinski definition) is 8. The number of carboxylic acids is 3. The molecule has 8 N–H and O–H groups in total. The van der Waals surface area contributed by atoms with Crippen LogP contribution < -0.4 is 21.1 Å². The number of rotatable bonds is 8. The summed E-state index contributed by atoms with van der Waals surface area (Å²) < 4.78 is 37.2. The fourth-order valence-electron chi connectivity index (χ4n) is 3.47. The Kier molecular flexibility index (Phi) is 10.7. The first-order valence-electron chi connectivity index (χ1n) is 11.6. The Bertz CT molecular complexity index is 1360. The lowest BCUT2D eigenvalue weighted by molar-refractivity contribution is -0.192. The molecule has 1 aromatic carbocycles. The first-order chi connectivity index (χ1) is 19.1. The minimum Gasteiger partial charge on any atom is -0.481 e. The number of hydrogen-bond donors (Lipinski definition) is 7. The molecular weight excluding hydrogens is 559 g/mol. The number of pyridine rings is 1. The molecule has 0 saturated heterocycles. The molecule has 14 nitrogen and oxygen atoms in total. The Morgan fingerprint density at radius 3 is 2.32 bits per heavy atom. The highest BCUT2D eigenvalue weighted by Gasteiger charge is 2.38. The van der Waals surface area contributed by atoms with Crippen molar-refractivity contribution in [3.63, 3.8) is 0 Å². The van der Waals surface area contributed by atoms with Crippen molar-refractivity contribution in [1.29, 1.82) is 5.41 Å². The number of nitrogens with two attached hydrogens (primary N) is 1. The molecular formula is C24H24F3N5O9. The third kappa shape index (κ3) is 10.1. The van der Waals surface area contributed by atoms with Crippen molar-refractivity contribution in [3.8, 4) is 5.75 Å². The minimum absolute atomic E-state index is 0.0993. The van der Waals surface area contributed by atoms with Crippen LogP contribution in [0, 0.1) is 5.41 Å². The van der Waals surface area contributed by atoms with Crippen LogP contribution in [0.2, 0.25) is 0 Å². The Morgan fingerprint density at radius 2 is 1.76 bits per heavy atom. The van der Waals surface area contributed by atoms with E-state index in [1.807, 2.05) is 0 Å². The summed E-state index contributed by atoms with van der Waals surface area (Å²) in [6.45, 7) is 0. The number of aliphatic carboxylic acids is 3. The van der Waals surface area contributed by atoms with Crippen molar-refractivity contribution in [2.24, 2.45) is 5.73 Å². The Hall–Kier alpha value is -5.22. The predicted molar refractivity (Wildman–Crippen MR) is 132 cm³/mol. The summed E-state index contributed by atoms with van der Waals surface area (Å²) >= 11 is 0. The van der Waals surface area contributed by atoms with Gasteiger partial charge in [-0.15, -0.1) is 0 Å². The third-order valence-electron chi connectivity index (χ3n) is 5.29. The maximum atomic E-state index is 12.6. The van der Waals surface area contributed by atoms with Gasteiger partial charge in [0.1, 0.15) is 6.04 Å². The zero-order chi connectivity index (χ0) is 30.9. The zero-order valence-electron chi connectivity index (χ0n) is 20.9. The molecule has 0 fully saturated rings. The Labute approximate surface area is 228 Å². The lowest BCUT2D eigenvalue weighted by Gasteiger charge is -2.18. The second kappa shape index (κ2) is 13.7. The van der Waals surface area contributed by atoms with Gasteiger partial charge in [-0.3, -0.25) is 20.0 Å². The fourth-order valence-corrected chi connectivity index (χ4v) is 3.47. The number of carbonyl (C=O) groups is 5. The number of carbonyl (C=O) groups excluding carboxylic acids is 2. The number of fused-ring (bicyclic) bond motifs is 2. The average Bonchev–Trinajstić information content (AvgIpc) is 2.85. The first-order valence-corrected chi connectivity index (χ1v) is 11.6. The number of benzene rings is 1. The summed E-state index contributed by atoms with van der Waals surface area (Å²) in [5.41, 5.74) is 8.08. The summed E-state index contributed by atoms with van der Waals surface area (Å²) in [4.78, 5) is 59.9. The number of alkyl halides is 3. The van der Waals surface area contributed by atoms with E-state index in [-0.39, 0.29) is 18.8 Å². The second-order valence-corrected chi connectivity index (χ2v) is 8.41.